The van der Waals surface area contributed by atoms with Crippen LogP contribution in [-0.4, -0.2) is 5.91 Å². The van der Waals surface area contributed by atoms with Gasteiger partial charge in [0, 0.05) is 15.8 Å². The van der Waals surface area contributed by atoms with Crippen LogP contribution in [0.15, 0.2) is 40.9 Å². The third-order valence-corrected chi connectivity index (χ3v) is 3.47. The molecule has 1 amide bonds. The van der Waals surface area contributed by atoms with Gasteiger partial charge in [0.25, 0.3) is 5.91 Å². The highest BCUT2D eigenvalue weighted by atomic mass is 79.9. The maximum absolute atomic E-state index is 13.7. The first-order valence-corrected chi connectivity index (χ1v) is 6.40. The average Bonchev–Trinajstić information content (AvgIpc) is 2.35. The van der Waals surface area contributed by atoms with E-state index in [0.717, 1.165) is 5.56 Å². The molecule has 3 nitrogen and oxygen atoms in total. The summed E-state index contributed by atoms with van der Waals surface area (Å²) in [6.07, 6.45) is 0. The number of amides is 1. The SMILES string of the molecule is Cc1c(N)cccc1NC(=O)c1c(F)cccc1Br. The number of nitrogens with two attached hydrogens (primary N) is 1. The molecule has 0 unspecified atom stereocenters. The first kappa shape index (κ1) is 13.5. The number of carbonyl (C=O) groups excluding carboxylic acids is 1. The quantitative estimate of drug-likeness (QED) is 0.828. The van der Waals surface area contributed by atoms with Crippen molar-refractivity contribution < 1.29 is 9.18 Å². The number of hydrogen-bond donors (Lipinski definition) is 2. The largest absolute Gasteiger partial charge is 0.398 e. The van der Waals surface area contributed by atoms with Crippen LogP contribution >= 0.6 is 15.9 Å². The van der Waals surface area contributed by atoms with Crippen LogP contribution in [0, 0.1) is 12.7 Å². The van der Waals surface area contributed by atoms with Crippen molar-refractivity contribution in [2.24, 2.45) is 0 Å². The molecule has 0 radical (unpaired) electrons. The van der Waals surface area contributed by atoms with E-state index in [1.807, 2.05) is 0 Å². The minimum atomic E-state index is -0.576. The molecule has 5 heteroatoms. The van der Waals surface area contributed by atoms with Crippen molar-refractivity contribution in [2.75, 3.05) is 11.1 Å². The molecular weight excluding hydrogens is 311 g/mol. The van der Waals surface area contributed by atoms with E-state index in [1.165, 1.54) is 12.1 Å². The van der Waals surface area contributed by atoms with Gasteiger partial charge in [-0.25, -0.2) is 4.39 Å². The molecule has 0 aliphatic rings. The van der Waals surface area contributed by atoms with Gasteiger partial charge in [0.15, 0.2) is 0 Å². The highest BCUT2D eigenvalue weighted by Crippen LogP contribution is 2.24. The maximum Gasteiger partial charge on any atom is 0.259 e. The fourth-order valence-electron chi connectivity index (χ4n) is 1.69. The molecule has 98 valence electrons. The molecule has 19 heavy (non-hydrogen) atoms. The molecule has 0 aliphatic heterocycles. The maximum atomic E-state index is 13.7. The van der Waals surface area contributed by atoms with Gasteiger partial charge >= 0.3 is 0 Å². The summed E-state index contributed by atoms with van der Waals surface area (Å²) >= 11 is 3.17. The van der Waals surface area contributed by atoms with Gasteiger partial charge in [-0.2, -0.15) is 0 Å². The van der Waals surface area contributed by atoms with E-state index in [2.05, 4.69) is 21.2 Å². The number of nitrogens with one attached hydrogen (secondary N) is 1. The van der Waals surface area contributed by atoms with Crippen molar-refractivity contribution in [3.8, 4) is 0 Å². The number of rotatable bonds is 2. The summed E-state index contributed by atoms with van der Waals surface area (Å²) < 4.78 is 14.1. The zero-order chi connectivity index (χ0) is 14.0. The number of anilines is 2. The Kier molecular flexibility index (Phi) is 3.85. The van der Waals surface area contributed by atoms with E-state index in [1.54, 1.807) is 31.2 Å². The number of benzene rings is 2. The van der Waals surface area contributed by atoms with Crippen LogP contribution in [0.4, 0.5) is 15.8 Å². The Hall–Kier alpha value is -1.88. The predicted molar refractivity (Wildman–Crippen MR) is 77.6 cm³/mol. The Morgan fingerprint density at radius 3 is 2.63 bits per heavy atom. The molecule has 3 N–H and O–H groups in total. The van der Waals surface area contributed by atoms with Crippen LogP contribution in [0.2, 0.25) is 0 Å². The van der Waals surface area contributed by atoms with E-state index < -0.39 is 11.7 Å². The van der Waals surface area contributed by atoms with Crippen molar-refractivity contribution in [3.05, 3.63) is 57.8 Å². The molecule has 2 aromatic rings. The van der Waals surface area contributed by atoms with Crippen LogP contribution in [0.25, 0.3) is 0 Å². The normalized spacial score (nSPS) is 10.3. The summed E-state index contributed by atoms with van der Waals surface area (Å²) in [6, 6.07) is 9.58. The first-order chi connectivity index (χ1) is 9.00. The van der Waals surface area contributed by atoms with Gasteiger partial charge < -0.3 is 11.1 Å². The average molecular weight is 323 g/mol. The summed E-state index contributed by atoms with van der Waals surface area (Å²) in [5.74, 6) is -1.09. The van der Waals surface area contributed by atoms with Gasteiger partial charge in [-0.15, -0.1) is 0 Å². The Morgan fingerprint density at radius 2 is 1.95 bits per heavy atom. The lowest BCUT2D eigenvalue weighted by Crippen LogP contribution is -2.15. The highest BCUT2D eigenvalue weighted by Gasteiger charge is 2.16. The fourth-order valence-corrected chi connectivity index (χ4v) is 2.21. The lowest BCUT2D eigenvalue weighted by Gasteiger charge is -2.11. The van der Waals surface area contributed by atoms with Gasteiger partial charge in [-0.05, 0) is 52.7 Å². The monoisotopic (exact) mass is 322 g/mol. The second kappa shape index (κ2) is 5.40. The number of hydrogen-bond acceptors (Lipinski definition) is 2. The van der Waals surface area contributed by atoms with E-state index in [-0.39, 0.29) is 5.56 Å². The summed E-state index contributed by atoms with van der Waals surface area (Å²) in [5, 5.41) is 2.66. The van der Waals surface area contributed by atoms with Gasteiger partial charge in [0.2, 0.25) is 0 Å². The van der Waals surface area contributed by atoms with Crippen LogP contribution in [0.3, 0.4) is 0 Å². The Bertz CT molecular complexity index is 623. The van der Waals surface area contributed by atoms with Crippen molar-refractivity contribution >= 4 is 33.2 Å². The molecule has 2 rings (SSSR count). The zero-order valence-corrected chi connectivity index (χ0v) is 11.8. The summed E-state index contributed by atoms with van der Waals surface area (Å²) in [6.45, 7) is 1.79. The van der Waals surface area contributed by atoms with Crippen molar-refractivity contribution in [2.45, 2.75) is 6.92 Å². The summed E-state index contributed by atoms with van der Waals surface area (Å²) in [5.41, 5.74) is 7.63. The van der Waals surface area contributed by atoms with Crippen LogP contribution in [-0.2, 0) is 0 Å². The molecular formula is C14H12BrFN2O. The van der Waals surface area contributed by atoms with E-state index in [9.17, 15) is 9.18 Å². The van der Waals surface area contributed by atoms with Crippen LogP contribution in [0.5, 0.6) is 0 Å². The smallest absolute Gasteiger partial charge is 0.259 e. The first-order valence-electron chi connectivity index (χ1n) is 5.61. The second-order valence-corrected chi connectivity index (χ2v) is 4.92. The van der Waals surface area contributed by atoms with E-state index in [0.29, 0.717) is 15.8 Å². The molecule has 0 heterocycles. The van der Waals surface area contributed by atoms with Gasteiger partial charge in [0.1, 0.15) is 5.82 Å². The molecule has 0 aliphatic carbocycles. The Morgan fingerprint density at radius 1 is 1.26 bits per heavy atom. The molecule has 0 saturated heterocycles. The number of nitrogen functional groups attached to an aromatic ring is 1. The summed E-state index contributed by atoms with van der Waals surface area (Å²) in [7, 11) is 0. The molecule has 0 bridgehead atoms. The zero-order valence-electron chi connectivity index (χ0n) is 10.2. The highest BCUT2D eigenvalue weighted by molar-refractivity contribution is 9.10. The van der Waals surface area contributed by atoms with Crippen LogP contribution < -0.4 is 11.1 Å². The van der Waals surface area contributed by atoms with Crippen molar-refractivity contribution in [1.82, 2.24) is 0 Å². The molecule has 2 aromatic carbocycles. The van der Waals surface area contributed by atoms with Gasteiger partial charge in [-0.3, -0.25) is 4.79 Å². The lowest BCUT2D eigenvalue weighted by atomic mass is 10.1. The lowest BCUT2D eigenvalue weighted by molar-refractivity contribution is 0.102. The molecule has 0 fully saturated rings. The number of carbonyl (C=O) groups is 1. The standard InChI is InChI=1S/C14H12BrFN2O/c1-8-11(17)6-3-7-12(8)18-14(19)13-9(15)4-2-5-10(13)16/h2-7H,17H2,1H3,(H,18,19). The molecule has 0 saturated carbocycles. The minimum absolute atomic E-state index is 0.0238. The fraction of sp³-hybridized carbons (Fsp3) is 0.0714. The Labute approximate surface area is 118 Å². The van der Waals surface area contributed by atoms with Crippen molar-refractivity contribution in [3.63, 3.8) is 0 Å². The third kappa shape index (κ3) is 2.76. The molecule has 0 atom stereocenters. The molecule has 0 aromatic heterocycles. The number of halogens is 2. The van der Waals surface area contributed by atoms with Crippen LogP contribution in [0.1, 0.15) is 15.9 Å². The van der Waals surface area contributed by atoms with Gasteiger partial charge in [0.05, 0.1) is 5.56 Å². The van der Waals surface area contributed by atoms with Gasteiger partial charge in [-0.1, -0.05) is 12.1 Å². The third-order valence-electron chi connectivity index (χ3n) is 2.81. The molecule has 0 spiro atoms. The summed E-state index contributed by atoms with van der Waals surface area (Å²) in [4.78, 5) is 12.1. The van der Waals surface area contributed by atoms with E-state index in [4.69, 9.17) is 5.73 Å². The minimum Gasteiger partial charge on any atom is -0.398 e. The predicted octanol–water partition coefficient (Wildman–Crippen LogP) is 3.73. The van der Waals surface area contributed by atoms with Crippen molar-refractivity contribution in [1.29, 1.82) is 0 Å². The Balaban J connectivity index is 2.34. The second-order valence-electron chi connectivity index (χ2n) is 4.07. The van der Waals surface area contributed by atoms with E-state index >= 15 is 0 Å². The topological polar surface area (TPSA) is 55.1 Å².